The molecule has 0 bridgehead atoms. The van der Waals surface area contributed by atoms with Crippen molar-refractivity contribution in [1.82, 2.24) is 5.32 Å². The van der Waals surface area contributed by atoms with Gasteiger partial charge in [-0.2, -0.15) is 0 Å². The quantitative estimate of drug-likeness (QED) is 0.766. The summed E-state index contributed by atoms with van der Waals surface area (Å²) in [6.45, 7) is 6.38. The first-order valence-electron chi connectivity index (χ1n) is 6.65. The van der Waals surface area contributed by atoms with Crippen LogP contribution >= 0.6 is 0 Å². The van der Waals surface area contributed by atoms with Crippen molar-refractivity contribution in [2.45, 2.75) is 64.6 Å². The van der Waals surface area contributed by atoms with E-state index in [0.717, 1.165) is 25.7 Å². The number of nitrogens with one attached hydrogen (secondary N) is 1. The van der Waals surface area contributed by atoms with Crippen molar-refractivity contribution in [3.8, 4) is 0 Å². The molecule has 1 aliphatic rings. The van der Waals surface area contributed by atoms with Crippen molar-refractivity contribution in [3.05, 3.63) is 0 Å². The second-order valence-electron chi connectivity index (χ2n) is 5.45. The molecule has 0 aliphatic heterocycles. The SMILES string of the molecule is CC(C)C(C)NC(=O)COC1CCC(N)CC1. The normalized spacial score (nSPS) is 26.9. The van der Waals surface area contributed by atoms with Gasteiger partial charge in [-0.3, -0.25) is 4.79 Å². The molecule has 1 unspecified atom stereocenters. The number of hydrogen-bond acceptors (Lipinski definition) is 3. The van der Waals surface area contributed by atoms with Gasteiger partial charge in [0.2, 0.25) is 5.91 Å². The van der Waals surface area contributed by atoms with Crippen LogP contribution in [0.2, 0.25) is 0 Å². The zero-order chi connectivity index (χ0) is 12.8. The second kappa shape index (κ2) is 6.97. The number of carbonyl (C=O) groups excluding carboxylic acids is 1. The van der Waals surface area contributed by atoms with Crippen LogP contribution in [0.4, 0.5) is 0 Å². The zero-order valence-electron chi connectivity index (χ0n) is 11.2. The van der Waals surface area contributed by atoms with E-state index in [9.17, 15) is 4.79 Å². The van der Waals surface area contributed by atoms with Crippen LogP contribution in [0.3, 0.4) is 0 Å². The van der Waals surface area contributed by atoms with Crippen molar-refractivity contribution in [3.63, 3.8) is 0 Å². The van der Waals surface area contributed by atoms with Crippen molar-refractivity contribution in [1.29, 1.82) is 0 Å². The number of carbonyl (C=O) groups is 1. The minimum Gasteiger partial charge on any atom is -0.368 e. The van der Waals surface area contributed by atoms with Gasteiger partial charge in [-0.1, -0.05) is 13.8 Å². The Bertz CT molecular complexity index is 236. The molecule has 4 nitrogen and oxygen atoms in total. The lowest BCUT2D eigenvalue weighted by Gasteiger charge is -2.26. The minimum atomic E-state index is -0.0129. The molecule has 1 saturated carbocycles. The number of amides is 1. The highest BCUT2D eigenvalue weighted by atomic mass is 16.5. The van der Waals surface area contributed by atoms with Crippen LogP contribution in [0.15, 0.2) is 0 Å². The van der Waals surface area contributed by atoms with Gasteiger partial charge in [0.1, 0.15) is 6.61 Å². The number of hydrogen-bond donors (Lipinski definition) is 2. The summed E-state index contributed by atoms with van der Waals surface area (Å²) in [7, 11) is 0. The molecule has 0 radical (unpaired) electrons. The number of rotatable bonds is 5. The van der Waals surface area contributed by atoms with Crippen LogP contribution < -0.4 is 11.1 Å². The standard InChI is InChI=1S/C13H26N2O2/c1-9(2)10(3)15-13(16)8-17-12-6-4-11(14)5-7-12/h9-12H,4-8,14H2,1-3H3,(H,15,16). The Hall–Kier alpha value is -0.610. The maximum atomic E-state index is 11.6. The fourth-order valence-electron chi connectivity index (χ4n) is 1.91. The molecule has 17 heavy (non-hydrogen) atoms. The highest BCUT2D eigenvalue weighted by Crippen LogP contribution is 2.19. The molecule has 0 aromatic heterocycles. The predicted molar refractivity (Wildman–Crippen MR) is 68.6 cm³/mol. The summed E-state index contributed by atoms with van der Waals surface area (Å²) in [6, 6.07) is 0.524. The van der Waals surface area contributed by atoms with E-state index in [1.165, 1.54) is 0 Å². The summed E-state index contributed by atoms with van der Waals surface area (Å²) in [5, 5.41) is 2.94. The third kappa shape index (κ3) is 5.50. The Kier molecular flexibility index (Phi) is 5.92. The van der Waals surface area contributed by atoms with Crippen molar-refractivity contribution < 1.29 is 9.53 Å². The van der Waals surface area contributed by atoms with Crippen LogP contribution in [-0.4, -0.2) is 30.7 Å². The summed E-state index contributed by atoms with van der Waals surface area (Å²) >= 11 is 0. The topological polar surface area (TPSA) is 64.3 Å². The van der Waals surface area contributed by atoms with Gasteiger partial charge in [0.15, 0.2) is 0 Å². The van der Waals surface area contributed by atoms with Gasteiger partial charge in [-0.25, -0.2) is 0 Å². The lowest BCUT2D eigenvalue weighted by Crippen LogP contribution is -2.39. The van der Waals surface area contributed by atoms with E-state index >= 15 is 0 Å². The Balaban J connectivity index is 2.15. The Morgan fingerprint density at radius 1 is 1.29 bits per heavy atom. The van der Waals surface area contributed by atoms with Gasteiger partial charge in [-0.15, -0.1) is 0 Å². The second-order valence-corrected chi connectivity index (χ2v) is 5.45. The van der Waals surface area contributed by atoms with Gasteiger partial charge >= 0.3 is 0 Å². The molecule has 1 aliphatic carbocycles. The van der Waals surface area contributed by atoms with Gasteiger partial charge in [0.25, 0.3) is 0 Å². The zero-order valence-corrected chi connectivity index (χ0v) is 11.2. The first-order valence-corrected chi connectivity index (χ1v) is 6.65. The third-order valence-electron chi connectivity index (χ3n) is 3.56. The van der Waals surface area contributed by atoms with Gasteiger partial charge in [0, 0.05) is 12.1 Å². The fraction of sp³-hybridized carbons (Fsp3) is 0.923. The van der Waals surface area contributed by atoms with E-state index in [2.05, 4.69) is 19.2 Å². The maximum Gasteiger partial charge on any atom is 0.246 e. The van der Waals surface area contributed by atoms with E-state index in [-0.39, 0.29) is 24.7 Å². The first kappa shape index (κ1) is 14.5. The number of ether oxygens (including phenoxy) is 1. The lowest BCUT2D eigenvalue weighted by molar-refractivity contribution is -0.129. The molecule has 0 aromatic rings. The molecule has 0 aromatic carbocycles. The largest absolute Gasteiger partial charge is 0.368 e. The molecule has 0 heterocycles. The molecule has 4 heteroatoms. The molecule has 100 valence electrons. The van der Waals surface area contributed by atoms with Crippen molar-refractivity contribution in [2.75, 3.05) is 6.61 Å². The van der Waals surface area contributed by atoms with E-state index < -0.39 is 0 Å². The Labute approximate surface area is 104 Å². The average molecular weight is 242 g/mol. The van der Waals surface area contributed by atoms with E-state index in [1.807, 2.05) is 6.92 Å². The summed E-state index contributed by atoms with van der Waals surface area (Å²) in [5.41, 5.74) is 5.82. The van der Waals surface area contributed by atoms with Crippen LogP contribution in [0, 0.1) is 5.92 Å². The van der Waals surface area contributed by atoms with Crippen LogP contribution in [0.25, 0.3) is 0 Å². The molecular formula is C13H26N2O2. The van der Waals surface area contributed by atoms with Crippen molar-refractivity contribution >= 4 is 5.91 Å². The van der Waals surface area contributed by atoms with Crippen LogP contribution in [-0.2, 0) is 9.53 Å². The number of nitrogens with two attached hydrogens (primary N) is 1. The summed E-state index contributed by atoms with van der Waals surface area (Å²) in [4.78, 5) is 11.6. The highest BCUT2D eigenvalue weighted by Gasteiger charge is 2.20. The fourth-order valence-corrected chi connectivity index (χ4v) is 1.91. The third-order valence-corrected chi connectivity index (χ3v) is 3.56. The van der Waals surface area contributed by atoms with Gasteiger partial charge in [0.05, 0.1) is 6.10 Å². The van der Waals surface area contributed by atoms with E-state index in [0.29, 0.717) is 12.0 Å². The van der Waals surface area contributed by atoms with E-state index in [1.54, 1.807) is 0 Å². The monoisotopic (exact) mass is 242 g/mol. The summed E-state index contributed by atoms with van der Waals surface area (Å²) in [6.07, 6.45) is 4.20. The lowest BCUT2D eigenvalue weighted by atomic mass is 9.94. The summed E-state index contributed by atoms with van der Waals surface area (Å²) in [5.74, 6) is 0.438. The molecule has 1 atom stereocenters. The van der Waals surface area contributed by atoms with E-state index in [4.69, 9.17) is 10.5 Å². The minimum absolute atomic E-state index is 0.0129. The van der Waals surface area contributed by atoms with Gasteiger partial charge < -0.3 is 15.8 Å². The predicted octanol–water partition coefficient (Wildman–Crippen LogP) is 1.43. The molecule has 3 N–H and O–H groups in total. The Morgan fingerprint density at radius 3 is 2.41 bits per heavy atom. The maximum absolute atomic E-state index is 11.6. The smallest absolute Gasteiger partial charge is 0.246 e. The molecule has 1 rings (SSSR count). The van der Waals surface area contributed by atoms with Crippen LogP contribution in [0.5, 0.6) is 0 Å². The molecule has 0 saturated heterocycles. The Morgan fingerprint density at radius 2 is 1.88 bits per heavy atom. The molecule has 0 spiro atoms. The summed E-state index contributed by atoms with van der Waals surface area (Å²) < 4.78 is 5.61. The highest BCUT2D eigenvalue weighted by molar-refractivity contribution is 5.77. The molecule has 1 amide bonds. The molecular weight excluding hydrogens is 216 g/mol. The molecule has 1 fully saturated rings. The van der Waals surface area contributed by atoms with Crippen molar-refractivity contribution in [2.24, 2.45) is 11.7 Å². The van der Waals surface area contributed by atoms with Crippen LogP contribution in [0.1, 0.15) is 46.5 Å². The van der Waals surface area contributed by atoms with Gasteiger partial charge in [-0.05, 0) is 38.5 Å². The average Bonchev–Trinajstić information content (AvgIpc) is 2.28. The first-order chi connectivity index (χ1) is 7.99.